The number of benzene rings is 3. The standard InChI is InChI=1S/C26H30O3/c1-2-18-27-19-20-28-21-22-29-26(23-12-6-3-7-13-23,24-14-8-4-9-15-24)25-16-10-5-11-17-25/h3-17H,2,18-22H2,1H3. The van der Waals surface area contributed by atoms with Gasteiger partial charge in [-0.3, -0.25) is 0 Å². The average molecular weight is 391 g/mol. The number of hydrogen-bond donors (Lipinski definition) is 0. The minimum atomic E-state index is -0.689. The fourth-order valence-corrected chi connectivity index (χ4v) is 3.49. The van der Waals surface area contributed by atoms with Crippen LogP contribution in [0.25, 0.3) is 0 Å². The van der Waals surface area contributed by atoms with Crippen molar-refractivity contribution in [2.75, 3.05) is 33.0 Å². The first kappa shape index (κ1) is 21.3. The van der Waals surface area contributed by atoms with Crippen molar-refractivity contribution >= 4 is 0 Å². The van der Waals surface area contributed by atoms with Crippen molar-refractivity contribution in [3.05, 3.63) is 108 Å². The molecule has 0 N–H and O–H groups in total. The normalized spacial score (nSPS) is 11.5. The molecule has 0 saturated carbocycles. The molecular formula is C26H30O3. The minimum Gasteiger partial charge on any atom is -0.379 e. The van der Waals surface area contributed by atoms with Crippen LogP contribution >= 0.6 is 0 Å². The average Bonchev–Trinajstić information content (AvgIpc) is 2.80. The van der Waals surface area contributed by atoms with Gasteiger partial charge in [-0.2, -0.15) is 0 Å². The summed E-state index contributed by atoms with van der Waals surface area (Å²) in [4.78, 5) is 0. The van der Waals surface area contributed by atoms with Crippen molar-refractivity contribution < 1.29 is 14.2 Å². The van der Waals surface area contributed by atoms with Crippen molar-refractivity contribution in [1.82, 2.24) is 0 Å². The maximum atomic E-state index is 6.65. The highest BCUT2D eigenvalue weighted by atomic mass is 16.5. The lowest BCUT2D eigenvalue weighted by Crippen LogP contribution is -2.34. The van der Waals surface area contributed by atoms with Crippen LogP contribution in [0.2, 0.25) is 0 Å². The van der Waals surface area contributed by atoms with Crippen molar-refractivity contribution in [3.63, 3.8) is 0 Å². The molecule has 3 aromatic carbocycles. The van der Waals surface area contributed by atoms with Crippen LogP contribution in [0.5, 0.6) is 0 Å². The van der Waals surface area contributed by atoms with E-state index in [2.05, 4.69) is 79.7 Å². The molecular weight excluding hydrogens is 360 g/mol. The SMILES string of the molecule is CCCOCCOCCOC(c1ccccc1)(c1ccccc1)c1ccccc1. The second-order valence-electron chi connectivity index (χ2n) is 6.85. The third-order valence-electron chi connectivity index (χ3n) is 4.81. The van der Waals surface area contributed by atoms with Crippen LogP contribution in [0.1, 0.15) is 30.0 Å². The Kier molecular flexibility index (Phi) is 8.44. The van der Waals surface area contributed by atoms with Gasteiger partial charge in [0, 0.05) is 6.61 Å². The fourth-order valence-electron chi connectivity index (χ4n) is 3.49. The van der Waals surface area contributed by atoms with Gasteiger partial charge in [0.2, 0.25) is 0 Å². The van der Waals surface area contributed by atoms with E-state index in [9.17, 15) is 0 Å². The van der Waals surface area contributed by atoms with Crippen LogP contribution in [-0.2, 0) is 19.8 Å². The van der Waals surface area contributed by atoms with Crippen LogP contribution in [-0.4, -0.2) is 33.0 Å². The van der Waals surface area contributed by atoms with Gasteiger partial charge in [-0.1, -0.05) is 97.9 Å². The summed E-state index contributed by atoms with van der Waals surface area (Å²) in [7, 11) is 0. The summed E-state index contributed by atoms with van der Waals surface area (Å²) >= 11 is 0. The van der Waals surface area contributed by atoms with Crippen LogP contribution in [0.4, 0.5) is 0 Å². The summed E-state index contributed by atoms with van der Waals surface area (Å²) < 4.78 is 17.9. The number of hydrogen-bond acceptors (Lipinski definition) is 3. The summed E-state index contributed by atoms with van der Waals surface area (Å²) in [6, 6.07) is 31.2. The van der Waals surface area contributed by atoms with Crippen LogP contribution in [0, 0.1) is 0 Å². The summed E-state index contributed by atoms with van der Waals surface area (Å²) in [6.45, 7) is 5.08. The molecule has 0 radical (unpaired) electrons. The Labute approximate surface area is 174 Å². The molecule has 0 saturated heterocycles. The van der Waals surface area contributed by atoms with Crippen molar-refractivity contribution in [2.45, 2.75) is 18.9 Å². The van der Waals surface area contributed by atoms with E-state index in [1.807, 2.05) is 18.2 Å². The third kappa shape index (κ3) is 5.54. The monoisotopic (exact) mass is 390 g/mol. The Bertz CT molecular complexity index is 706. The first-order chi connectivity index (χ1) is 14.4. The quantitative estimate of drug-likeness (QED) is 0.304. The van der Waals surface area contributed by atoms with Gasteiger partial charge in [-0.15, -0.1) is 0 Å². The van der Waals surface area contributed by atoms with Gasteiger partial charge in [-0.05, 0) is 23.1 Å². The summed E-state index contributed by atoms with van der Waals surface area (Å²) in [6.07, 6.45) is 1.02. The van der Waals surface area contributed by atoms with Gasteiger partial charge >= 0.3 is 0 Å². The van der Waals surface area contributed by atoms with E-state index < -0.39 is 5.60 Å². The predicted octanol–water partition coefficient (Wildman–Crippen LogP) is 5.44. The molecule has 0 aromatic heterocycles. The van der Waals surface area contributed by atoms with Crippen molar-refractivity contribution in [1.29, 1.82) is 0 Å². The van der Waals surface area contributed by atoms with Gasteiger partial charge in [0.1, 0.15) is 5.60 Å². The van der Waals surface area contributed by atoms with Gasteiger partial charge in [0.15, 0.2) is 0 Å². The number of ether oxygens (including phenoxy) is 3. The van der Waals surface area contributed by atoms with E-state index >= 15 is 0 Å². The molecule has 0 amide bonds. The van der Waals surface area contributed by atoms with Crippen LogP contribution in [0.3, 0.4) is 0 Å². The highest BCUT2D eigenvalue weighted by molar-refractivity contribution is 5.47. The highest BCUT2D eigenvalue weighted by Crippen LogP contribution is 2.40. The fraction of sp³-hybridized carbons (Fsp3) is 0.308. The van der Waals surface area contributed by atoms with Gasteiger partial charge in [-0.25, -0.2) is 0 Å². The lowest BCUT2D eigenvalue weighted by atomic mass is 9.80. The van der Waals surface area contributed by atoms with E-state index in [1.54, 1.807) is 0 Å². The molecule has 0 bridgehead atoms. The molecule has 3 rings (SSSR count). The van der Waals surface area contributed by atoms with Crippen LogP contribution < -0.4 is 0 Å². The molecule has 3 nitrogen and oxygen atoms in total. The van der Waals surface area contributed by atoms with Crippen molar-refractivity contribution in [2.24, 2.45) is 0 Å². The maximum Gasteiger partial charge on any atom is 0.143 e. The van der Waals surface area contributed by atoms with E-state index in [1.165, 1.54) is 0 Å². The molecule has 0 aliphatic heterocycles. The van der Waals surface area contributed by atoms with Gasteiger partial charge in [0.05, 0.1) is 26.4 Å². The molecule has 3 heteroatoms. The summed E-state index contributed by atoms with van der Waals surface area (Å²) in [5.74, 6) is 0. The zero-order valence-corrected chi connectivity index (χ0v) is 17.1. The molecule has 0 fully saturated rings. The Balaban J connectivity index is 1.83. The largest absolute Gasteiger partial charge is 0.379 e. The lowest BCUT2D eigenvalue weighted by molar-refractivity contribution is -0.0332. The topological polar surface area (TPSA) is 27.7 Å². The van der Waals surface area contributed by atoms with E-state index in [4.69, 9.17) is 14.2 Å². The van der Waals surface area contributed by atoms with Gasteiger partial charge in [0.25, 0.3) is 0 Å². The Morgan fingerprint density at radius 2 is 0.897 bits per heavy atom. The first-order valence-corrected chi connectivity index (χ1v) is 10.3. The second kappa shape index (κ2) is 11.5. The molecule has 3 aromatic rings. The Morgan fingerprint density at radius 1 is 0.517 bits per heavy atom. The van der Waals surface area contributed by atoms with Gasteiger partial charge < -0.3 is 14.2 Å². The molecule has 0 heterocycles. The van der Waals surface area contributed by atoms with E-state index in [0.717, 1.165) is 29.7 Å². The van der Waals surface area contributed by atoms with E-state index in [-0.39, 0.29) is 0 Å². The molecule has 29 heavy (non-hydrogen) atoms. The first-order valence-electron chi connectivity index (χ1n) is 10.3. The van der Waals surface area contributed by atoms with Crippen molar-refractivity contribution in [3.8, 4) is 0 Å². The predicted molar refractivity (Wildman–Crippen MR) is 117 cm³/mol. The Hall–Kier alpha value is -2.46. The molecule has 152 valence electrons. The summed E-state index contributed by atoms with van der Waals surface area (Å²) in [5.41, 5.74) is 2.61. The smallest absolute Gasteiger partial charge is 0.143 e. The zero-order chi connectivity index (χ0) is 20.2. The Morgan fingerprint density at radius 3 is 1.31 bits per heavy atom. The summed E-state index contributed by atoms with van der Waals surface area (Å²) in [5, 5.41) is 0. The highest BCUT2D eigenvalue weighted by Gasteiger charge is 2.37. The molecule has 0 aliphatic carbocycles. The number of rotatable bonds is 12. The minimum absolute atomic E-state index is 0.479. The molecule has 0 atom stereocenters. The molecule has 0 spiro atoms. The molecule has 0 aliphatic rings. The third-order valence-corrected chi connectivity index (χ3v) is 4.81. The second-order valence-corrected chi connectivity index (χ2v) is 6.85. The van der Waals surface area contributed by atoms with Crippen LogP contribution in [0.15, 0.2) is 91.0 Å². The van der Waals surface area contributed by atoms with E-state index in [0.29, 0.717) is 26.4 Å². The maximum absolute atomic E-state index is 6.65. The lowest BCUT2D eigenvalue weighted by Gasteiger charge is -2.36. The molecule has 0 unspecified atom stereocenters. The zero-order valence-electron chi connectivity index (χ0n) is 17.1.